The van der Waals surface area contributed by atoms with Crippen molar-refractivity contribution in [3.05, 3.63) is 70.4 Å². The minimum atomic E-state index is -0.339. The molecule has 0 radical (unpaired) electrons. The molecule has 1 unspecified atom stereocenters. The molecule has 0 saturated carbocycles. The van der Waals surface area contributed by atoms with Crippen LogP contribution in [0.15, 0.2) is 53.6 Å². The van der Waals surface area contributed by atoms with E-state index in [0.717, 1.165) is 17.7 Å². The van der Waals surface area contributed by atoms with Crippen LogP contribution in [0.3, 0.4) is 0 Å². The molecule has 0 bridgehead atoms. The predicted octanol–water partition coefficient (Wildman–Crippen LogP) is 3.29. The zero-order chi connectivity index (χ0) is 22.9. The molecule has 3 aromatic heterocycles. The van der Waals surface area contributed by atoms with Crippen molar-refractivity contribution in [3.63, 3.8) is 0 Å². The number of rotatable bonds is 9. The van der Waals surface area contributed by atoms with Crippen LogP contribution in [0.4, 0.5) is 16.2 Å². The van der Waals surface area contributed by atoms with Crippen molar-refractivity contribution >= 4 is 47.1 Å². The highest BCUT2D eigenvalue weighted by Gasteiger charge is 2.17. The lowest BCUT2D eigenvalue weighted by Crippen LogP contribution is -2.38. The number of nitrogens with two attached hydrogens (primary N) is 1. The maximum atomic E-state index is 12.5. The van der Waals surface area contributed by atoms with Gasteiger partial charge < -0.3 is 26.6 Å². The maximum Gasteiger partial charge on any atom is 0.315 e. The Balaban J connectivity index is 0.00000385. The first-order valence-electron chi connectivity index (χ1n) is 10.1. The summed E-state index contributed by atoms with van der Waals surface area (Å²) >= 11 is 1.41. The summed E-state index contributed by atoms with van der Waals surface area (Å²) in [5.41, 5.74) is 8.91. The lowest BCUT2D eigenvalue weighted by molar-refractivity contribution is 0.102. The van der Waals surface area contributed by atoms with E-state index in [4.69, 9.17) is 5.73 Å². The number of carbonyl (C=O) groups is 2. The summed E-state index contributed by atoms with van der Waals surface area (Å²) in [5, 5.41) is 12.1. The molecule has 0 saturated heterocycles. The Labute approximate surface area is 203 Å². The number of hydrogen-bond acceptors (Lipinski definition) is 7. The normalized spacial score (nSPS) is 11.4. The Morgan fingerprint density at radius 2 is 2.00 bits per heavy atom. The average molecular weight is 490 g/mol. The largest absolute Gasteiger partial charge is 0.396 e. The predicted molar refractivity (Wildman–Crippen MR) is 134 cm³/mol. The van der Waals surface area contributed by atoms with Gasteiger partial charge in [0.2, 0.25) is 0 Å². The van der Waals surface area contributed by atoms with Crippen LogP contribution in [0.25, 0.3) is 0 Å². The van der Waals surface area contributed by atoms with Crippen LogP contribution < -0.4 is 21.7 Å². The lowest BCUT2D eigenvalue weighted by atomic mass is 10.1. The molecule has 1 atom stereocenters. The van der Waals surface area contributed by atoms with E-state index in [9.17, 15) is 9.59 Å². The molecule has 0 aliphatic rings. The highest BCUT2D eigenvalue weighted by molar-refractivity contribution is 7.09. The topological polar surface area (TPSA) is 125 Å². The molecule has 0 aliphatic carbocycles. The van der Waals surface area contributed by atoms with Gasteiger partial charge in [-0.3, -0.25) is 14.8 Å². The quantitative estimate of drug-likeness (QED) is 0.365. The van der Waals surface area contributed by atoms with Crippen molar-refractivity contribution in [2.75, 3.05) is 31.7 Å². The van der Waals surface area contributed by atoms with Crippen molar-refractivity contribution in [2.24, 2.45) is 0 Å². The van der Waals surface area contributed by atoms with E-state index in [1.165, 1.54) is 11.3 Å². The molecule has 3 amide bonds. The number of hydrogen-bond donors (Lipinski definition) is 4. The highest BCUT2D eigenvalue weighted by Crippen LogP contribution is 2.23. The Kier molecular flexibility index (Phi) is 10.0. The standard InChI is InChI=1S/C22H27N7O2S.ClH/c1-29(2)9-7-18(28-22(31)26-11-15-4-3-8-24-10-15)16-5-6-19(25-12-16)21(30)27-20-14-32-13-17(20)23;/h3-6,8,10,12-14,18H,7,9,11,23H2,1-2H3,(H,27,30)(H2,26,28,31);1H. The monoisotopic (exact) mass is 489 g/mol. The summed E-state index contributed by atoms with van der Waals surface area (Å²) in [6.45, 7) is 1.15. The Morgan fingerprint density at radius 3 is 2.61 bits per heavy atom. The van der Waals surface area contributed by atoms with Crippen LogP contribution >= 0.6 is 23.7 Å². The number of amides is 3. The second kappa shape index (κ2) is 12.7. The molecule has 11 heteroatoms. The van der Waals surface area contributed by atoms with E-state index >= 15 is 0 Å². The Bertz CT molecular complexity index is 1030. The number of carbonyl (C=O) groups excluding carboxylic acids is 2. The fraction of sp³-hybridized carbons (Fsp3) is 0.273. The first-order chi connectivity index (χ1) is 15.4. The van der Waals surface area contributed by atoms with Gasteiger partial charge in [-0.15, -0.1) is 23.7 Å². The van der Waals surface area contributed by atoms with Crippen molar-refractivity contribution in [3.8, 4) is 0 Å². The molecular weight excluding hydrogens is 462 g/mol. The average Bonchev–Trinajstić information content (AvgIpc) is 3.20. The van der Waals surface area contributed by atoms with E-state index in [2.05, 4.69) is 25.9 Å². The Morgan fingerprint density at radius 1 is 1.18 bits per heavy atom. The van der Waals surface area contributed by atoms with Gasteiger partial charge in [0.1, 0.15) is 5.69 Å². The van der Waals surface area contributed by atoms with Gasteiger partial charge >= 0.3 is 6.03 Å². The number of nitrogen functional groups attached to an aromatic ring is 1. The third-order valence-electron chi connectivity index (χ3n) is 4.71. The molecule has 9 nitrogen and oxygen atoms in total. The van der Waals surface area contributed by atoms with Gasteiger partial charge in [0.15, 0.2) is 0 Å². The number of nitrogens with one attached hydrogen (secondary N) is 3. The fourth-order valence-electron chi connectivity index (χ4n) is 2.94. The van der Waals surface area contributed by atoms with Gasteiger partial charge in [-0.25, -0.2) is 4.79 Å². The molecule has 0 fully saturated rings. The maximum absolute atomic E-state index is 12.5. The Hall–Kier alpha value is -3.21. The van der Waals surface area contributed by atoms with Gasteiger partial charge in [-0.1, -0.05) is 12.1 Å². The molecule has 33 heavy (non-hydrogen) atoms. The number of thiophene rings is 1. The van der Waals surface area contributed by atoms with E-state index in [1.54, 1.807) is 41.5 Å². The molecule has 3 rings (SSSR count). The number of pyridine rings is 2. The second-order valence-corrected chi connectivity index (χ2v) is 8.25. The summed E-state index contributed by atoms with van der Waals surface area (Å²) in [5.74, 6) is -0.339. The van der Waals surface area contributed by atoms with Gasteiger partial charge in [0, 0.05) is 35.9 Å². The van der Waals surface area contributed by atoms with Gasteiger partial charge in [0.25, 0.3) is 5.91 Å². The van der Waals surface area contributed by atoms with Gasteiger partial charge in [0.05, 0.1) is 17.4 Å². The van der Waals surface area contributed by atoms with E-state index in [1.807, 2.05) is 31.1 Å². The molecular formula is C22H28ClN7O2S. The first-order valence-corrected chi connectivity index (χ1v) is 11.0. The second-order valence-electron chi connectivity index (χ2n) is 7.50. The minimum Gasteiger partial charge on any atom is -0.396 e. The third kappa shape index (κ3) is 8.01. The number of nitrogens with zero attached hydrogens (tertiary/aromatic N) is 3. The first kappa shape index (κ1) is 26.0. The molecule has 0 aromatic carbocycles. The number of anilines is 2. The summed E-state index contributed by atoms with van der Waals surface area (Å²) in [6, 6.07) is 6.63. The molecule has 3 aromatic rings. The van der Waals surface area contributed by atoms with Crippen molar-refractivity contribution < 1.29 is 9.59 Å². The van der Waals surface area contributed by atoms with Crippen molar-refractivity contribution in [1.82, 2.24) is 25.5 Å². The van der Waals surface area contributed by atoms with E-state index < -0.39 is 0 Å². The molecule has 3 heterocycles. The van der Waals surface area contributed by atoms with Crippen LogP contribution in [0.1, 0.15) is 34.1 Å². The number of halogens is 1. The van der Waals surface area contributed by atoms with Crippen LogP contribution in [0, 0.1) is 0 Å². The van der Waals surface area contributed by atoms with Crippen LogP contribution in [-0.4, -0.2) is 47.4 Å². The molecule has 0 aliphatic heterocycles. The summed E-state index contributed by atoms with van der Waals surface area (Å²) < 4.78 is 0. The molecule has 0 spiro atoms. The zero-order valence-corrected chi connectivity index (χ0v) is 20.1. The van der Waals surface area contributed by atoms with Crippen molar-refractivity contribution in [2.45, 2.75) is 19.0 Å². The van der Waals surface area contributed by atoms with Crippen LogP contribution in [0.2, 0.25) is 0 Å². The van der Waals surface area contributed by atoms with Gasteiger partial charge in [-0.05, 0) is 50.3 Å². The smallest absolute Gasteiger partial charge is 0.315 e. The zero-order valence-electron chi connectivity index (χ0n) is 18.4. The SMILES string of the molecule is CN(C)CCC(NC(=O)NCc1cccnc1)c1ccc(C(=O)Nc2cscc2N)nc1.Cl. The third-order valence-corrected chi connectivity index (χ3v) is 5.47. The number of urea groups is 1. The van der Waals surface area contributed by atoms with Crippen LogP contribution in [-0.2, 0) is 6.54 Å². The summed E-state index contributed by atoms with van der Waals surface area (Å²) in [6.07, 6.45) is 5.70. The molecule has 5 N–H and O–H groups in total. The number of aromatic nitrogens is 2. The highest BCUT2D eigenvalue weighted by atomic mass is 35.5. The summed E-state index contributed by atoms with van der Waals surface area (Å²) in [7, 11) is 3.95. The van der Waals surface area contributed by atoms with Gasteiger partial charge in [-0.2, -0.15) is 0 Å². The minimum absolute atomic E-state index is 0. The molecule has 176 valence electrons. The fourth-order valence-corrected chi connectivity index (χ4v) is 3.62. The van der Waals surface area contributed by atoms with Crippen molar-refractivity contribution in [1.29, 1.82) is 0 Å². The van der Waals surface area contributed by atoms with Crippen LogP contribution in [0.5, 0.6) is 0 Å². The van der Waals surface area contributed by atoms with E-state index in [0.29, 0.717) is 24.3 Å². The lowest BCUT2D eigenvalue weighted by Gasteiger charge is -2.21. The summed E-state index contributed by atoms with van der Waals surface area (Å²) in [4.78, 5) is 35.3. The van der Waals surface area contributed by atoms with E-state index in [-0.39, 0.29) is 36.1 Å².